The van der Waals surface area contributed by atoms with Crippen LogP contribution in [0.5, 0.6) is 0 Å². The van der Waals surface area contributed by atoms with Crippen molar-refractivity contribution < 1.29 is 4.79 Å². The summed E-state index contributed by atoms with van der Waals surface area (Å²) in [6.07, 6.45) is 1.19. The maximum absolute atomic E-state index is 12.9. The molecular formula is C23H29ClN4O2. The Morgan fingerprint density at radius 2 is 1.57 bits per heavy atom. The molecule has 2 atom stereocenters. The van der Waals surface area contributed by atoms with Crippen molar-refractivity contribution in [2.75, 3.05) is 13.1 Å². The molecule has 30 heavy (non-hydrogen) atoms. The van der Waals surface area contributed by atoms with Gasteiger partial charge < -0.3 is 10.6 Å². The van der Waals surface area contributed by atoms with Gasteiger partial charge in [0.25, 0.3) is 0 Å². The minimum Gasteiger partial charge on any atom is -0.340 e. The Labute approximate surface area is 182 Å². The van der Waals surface area contributed by atoms with E-state index in [0.29, 0.717) is 32.6 Å². The largest absolute Gasteiger partial charge is 0.340 e. The number of hydrogen-bond donors (Lipinski definition) is 1. The monoisotopic (exact) mass is 428 g/mol. The Bertz CT molecular complexity index is 1060. The zero-order chi connectivity index (χ0) is 20.4. The lowest BCUT2D eigenvalue weighted by atomic mass is 9.95. The van der Waals surface area contributed by atoms with Gasteiger partial charge in [0.2, 0.25) is 5.91 Å². The Kier molecular flexibility index (Phi) is 7.00. The molecule has 1 aliphatic heterocycles. The molecule has 0 saturated carbocycles. The number of aryl methyl sites for hydroxylation is 2. The number of nitrogens with two attached hydrogens (primary N) is 1. The molecular weight excluding hydrogens is 400 g/mol. The maximum atomic E-state index is 12.9. The van der Waals surface area contributed by atoms with Gasteiger partial charge in [0.15, 0.2) is 0 Å². The van der Waals surface area contributed by atoms with Gasteiger partial charge in [-0.05, 0) is 24.1 Å². The third kappa shape index (κ3) is 4.16. The summed E-state index contributed by atoms with van der Waals surface area (Å²) < 4.78 is 3.53. The van der Waals surface area contributed by atoms with Crippen LogP contribution in [-0.4, -0.2) is 39.1 Å². The van der Waals surface area contributed by atoms with Gasteiger partial charge in [-0.25, -0.2) is 4.79 Å². The number of rotatable bonds is 6. The van der Waals surface area contributed by atoms with Crippen LogP contribution in [0, 0.1) is 0 Å². The number of nitrogens with zero attached hydrogens (tertiary/aromatic N) is 3. The van der Waals surface area contributed by atoms with E-state index in [9.17, 15) is 9.59 Å². The van der Waals surface area contributed by atoms with E-state index in [0.717, 1.165) is 17.5 Å². The Morgan fingerprint density at radius 1 is 0.967 bits per heavy atom. The molecule has 2 heterocycles. The number of benzene rings is 2. The average molecular weight is 429 g/mol. The number of para-hydroxylation sites is 2. The van der Waals surface area contributed by atoms with Crippen LogP contribution in [0.2, 0.25) is 0 Å². The summed E-state index contributed by atoms with van der Waals surface area (Å²) in [5, 5.41) is 0. The molecule has 1 aromatic heterocycles. The summed E-state index contributed by atoms with van der Waals surface area (Å²) in [6, 6.07) is 17.9. The van der Waals surface area contributed by atoms with Crippen molar-refractivity contribution in [3.8, 4) is 0 Å². The van der Waals surface area contributed by atoms with Crippen LogP contribution in [0.15, 0.2) is 59.4 Å². The molecule has 2 aromatic carbocycles. The summed E-state index contributed by atoms with van der Waals surface area (Å²) in [4.78, 5) is 27.6. The second-order valence-corrected chi connectivity index (χ2v) is 7.80. The molecule has 160 valence electrons. The van der Waals surface area contributed by atoms with Gasteiger partial charge in [-0.15, -0.1) is 12.4 Å². The van der Waals surface area contributed by atoms with Gasteiger partial charge in [-0.1, -0.05) is 49.4 Å². The van der Waals surface area contributed by atoms with Gasteiger partial charge in [0, 0.05) is 44.6 Å². The first-order valence-corrected chi connectivity index (χ1v) is 10.4. The highest BCUT2D eigenvalue weighted by molar-refractivity contribution is 5.85. The first kappa shape index (κ1) is 22.1. The number of carbonyl (C=O) groups is 1. The lowest BCUT2D eigenvalue weighted by Crippen LogP contribution is -2.33. The Balaban J connectivity index is 0.00000256. The Hall–Kier alpha value is -2.57. The quantitative estimate of drug-likeness (QED) is 0.656. The summed E-state index contributed by atoms with van der Waals surface area (Å²) in [5.41, 5.74) is 9.28. The normalized spacial score (nSPS) is 18.5. The van der Waals surface area contributed by atoms with Crippen molar-refractivity contribution in [1.29, 1.82) is 0 Å². The van der Waals surface area contributed by atoms with Gasteiger partial charge in [-0.3, -0.25) is 13.9 Å². The fourth-order valence-electron chi connectivity index (χ4n) is 4.38. The number of likely N-dealkylation sites (tertiary alicyclic amines) is 1. The van der Waals surface area contributed by atoms with Crippen molar-refractivity contribution in [3.63, 3.8) is 0 Å². The van der Waals surface area contributed by atoms with E-state index in [4.69, 9.17) is 5.73 Å². The highest BCUT2D eigenvalue weighted by Gasteiger charge is 2.33. The van der Waals surface area contributed by atoms with Crippen LogP contribution in [0.4, 0.5) is 0 Å². The van der Waals surface area contributed by atoms with E-state index in [1.54, 1.807) is 9.13 Å². The van der Waals surface area contributed by atoms with E-state index in [1.807, 2.05) is 47.4 Å². The van der Waals surface area contributed by atoms with Crippen molar-refractivity contribution in [1.82, 2.24) is 14.0 Å². The molecule has 2 N–H and O–H groups in total. The van der Waals surface area contributed by atoms with Gasteiger partial charge in [0.05, 0.1) is 11.0 Å². The molecule has 3 aromatic rings. The summed E-state index contributed by atoms with van der Waals surface area (Å²) in [7, 11) is 0. The van der Waals surface area contributed by atoms with Crippen LogP contribution in [-0.2, 0) is 17.9 Å². The Morgan fingerprint density at radius 3 is 2.20 bits per heavy atom. The smallest absolute Gasteiger partial charge is 0.329 e. The zero-order valence-corrected chi connectivity index (χ0v) is 18.1. The lowest BCUT2D eigenvalue weighted by Gasteiger charge is -2.16. The molecule has 0 radical (unpaired) electrons. The molecule has 7 heteroatoms. The molecule has 1 fully saturated rings. The number of halogens is 1. The van der Waals surface area contributed by atoms with E-state index in [1.165, 1.54) is 5.56 Å². The minimum atomic E-state index is -0.0597. The fraction of sp³-hybridized carbons (Fsp3) is 0.391. The van der Waals surface area contributed by atoms with E-state index in [2.05, 4.69) is 19.1 Å². The van der Waals surface area contributed by atoms with Crippen molar-refractivity contribution >= 4 is 29.3 Å². The van der Waals surface area contributed by atoms with Gasteiger partial charge in [-0.2, -0.15) is 0 Å². The van der Waals surface area contributed by atoms with Crippen LogP contribution < -0.4 is 11.4 Å². The average Bonchev–Trinajstić information content (AvgIpc) is 3.26. The van der Waals surface area contributed by atoms with Gasteiger partial charge >= 0.3 is 5.69 Å². The van der Waals surface area contributed by atoms with E-state index < -0.39 is 0 Å². The second kappa shape index (κ2) is 9.49. The number of carbonyl (C=O) groups excluding carboxylic acids is 1. The van der Waals surface area contributed by atoms with E-state index in [-0.39, 0.29) is 36.0 Å². The first-order valence-electron chi connectivity index (χ1n) is 10.4. The topological polar surface area (TPSA) is 73.3 Å². The summed E-state index contributed by atoms with van der Waals surface area (Å²) in [5.74, 6) is 0.215. The number of imidazole rings is 1. The first-order chi connectivity index (χ1) is 14.1. The molecule has 4 rings (SSSR count). The predicted octanol–water partition coefficient (Wildman–Crippen LogP) is 2.98. The second-order valence-electron chi connectivity index (χ2n) is 7.80. The number of hydrogen-bond acceptors (Lipinski definition) is 3. The maximum Gasteiger partial charge on any atom is 0.329 e. The van der Waals surface area contributed by atoms with E-state index >= 15 is 0 Å². The predicted molar refractivity (Wildman–Crippen MR) is 122 cm³/mol. The third-order valence-electron chi connectivity index (χ3n) is 5.87. The van der Waals surface area contributed by atoms with Gasteiger partial charge in [0.1, 0.15) is 0 Å². The molecule has 1 saturated heterocycles. The standard InChI is InChI=1S/C23H28N4O2.ClH/c1-2-13-26-20-10-6-7-11-21(20)27(23(26)29)14-12-22(28)25-15-18(19(24)16-25)17-8-4-3-5-9-17;/h3-11,18-19H,2,12-16,24H2,1H3;1H/t18-,19+;/m0./s1. The third-order valence-corrected chi connectivity index (χ3v) is 5.87. The summed E-state index contributed by atoms with van der Waals surface area (Å²) in [6.45, 7) is 4.32. The van der Waals surface area contributed by atoms with Crippen LogP contribution in [0.25, 0.3) is 11.0 Å². The fourth-order valence-corrected chi connectivity index (χ4v) is 4.38. The highest BCUT2D eigenvalue weighted by atomic mass is 35.5. The highest BCUT2D eigenvalue weighted by Crippen LogP contribution is 2.26. The molecule has 1 amide bonds. The molecule has 0 unspecified atom stereocenters. The van der Waals surface area contributed by atoms with Crippen LogP contribution >= 0.6 is 12.4 Å². The molecule has 6 nitrogen and oxygen atoms in total. The number of fused-ring (bicyclic) bond motifs is 1. The SMILES string of the molecule is CCCn1c(=O)n(CCC(=O)N2C[C@@H](N)[C@H](c3ccccc3)C2)c2ccccc21.Cl. The van der Waals surface area contributed by atoms with Crippen LogP contribution in [0.1, 0.15) is 31.2 Å². The van der Waals surface area contributed by atoms with Crippen molar-refractivity contribution in [3.05, 3.63) is 70.6 Å². The van der Waals surface area contributed by atoms with Crippen molar-refractivity contribution in [2.45, 2.75) is 44.8 Å². The number of aromatic nitrogens is 2. The molecule has 1 aliphatic rings. The van der Waals surface area contributed by atoms with Crippen LogP contribution in [0.3, 0.4) is 0 Å². The van der Waals surface area contributed by atoms with Crippen molar-refractivity contribution in [2.24, 2.45) is 5.73 Å². The number of amides is 1. The minimum absolute atomic E-state index is 0. The molecule has 0 spiro atoms. The molecule has 0 bridgehead atoms. The zero-order valence-electron chi connectivity index (χ0n) is 17.2. The lowest BCUT2D eigenvalue weighted by molar-refractivity contribution is -0.130. The summed E-state index contributed by atoms with van der Waals surface area (Å²) >= 11 is 0. The molecule has 0 aliphatic carbocycles.